The number of nitrogens with zero attached hydrogens (tertiary/aromatic N) is 2. The van der Waals surface area contributed by atoms with Gasteiger partial charge >= 0.3 is 0 Å². The first kappa shape index (κ1) is 21.7. The fraction of sp³-hybridized carbons (Fsp3) is 0.480. The zero-order valence-electron chi connectivity index (χ0n) is 18.4. The van der Waals surface area contributed by atoms with Crippen LogP contribution in [0.5, 0.6) is 5.75 Å². The summed E-state index contributed by atoms with van der Waals surface area (Å²) in [6, 6.07) is 16.9. The van der Waals surface area contributed by atoms with E-state index in [1.54, 1.807) is 0 Å². The number of anilines is 1. The van der Waals surface area contributed by atoms with Crippen LogP contribution in [0.1, 0.15) is 24.0 Å². The second kappa shape index (κ2) is 10.6. The van der Waals surface area contributed by atoms with Crippen LogP contribution in [0.25, 0.3) is 0 Å². The SMILES string of the molecule is CN(Cc1ccccc1)c1ccc2c(c1)CN1CCCC(C1)C(=O)NCCOCCO2. The van der Waals surface area contributed by atoms with Crippen molar-refractivity contribution in [3.05, 3.63) is 59.7 Å². The fourth-order valence-corrected chi connectivity index (χ4v) is 4.37. The minimum absolute atomic E-state index is 0.0463. The Hall–Kier alpha value is -2.57. The van der Waals surface area contributed by atoms with Crippen LogP contribution >= 0.6 is 0 Å². The molecule has 2 heterocycles. The number of rotatable bonds is 3. The van der Waals surface area contributed by atoms with E-state index in [4.69, 9.17) is 9.47 Å². The molecule has 0 radical (unpaired) electrons. The molecule has 6 nitrogen and oxygen atoms in total. The smallest absolute Gasteiger partial charge is 0.224 e. The number of amides is 1. The zero-order valence-corrected chi connectivity index (χ0v) is 18.4. The average Bonchev–Trinajstić information content (AvgIpc) is 2.79. The van der Waals surface area contributed by atoms with Gasteiger partial charge in [-0.15, -0.1) is 0 Å². The summed E-state index contributed by atoms with van der Waals surface area (Å²) in [5.41, 5.74) is 3.61. The molecule has 0 aromatic heterocycles. The lowest BCUT2D eigenvalue weighted by atomic mass is 9.96. The summed E-state index contributed by atoms with van der Waals surface area (Å²) >= 11 is 0. The van der Waals surface area contributed by atoms with Crippen LogP contribution in [-0.2, 0) is 22.6 Å². The van der Waals surface area contributed by atoms with Gasteiger partial charge in [0.15, 0.2) is 0 Å². The number of hydrogen-bond acceptors (Lipinski definition) is 5. The molecule has 2 bridgehead atoms. The van der Waals surface area contributed by atoms with Gasteiger partial charge in [0.1, 0.15) is 12.4 Å². The third-order valence-corrected chi connectivity index (χ3v) is 6.05. The number of hydrogen-bond donors (Lipinski definition) is 1. The Morgan fingerprint density at radius 2 is 2.00 bits per heavy atom. The van der Waals surface area contributed by atoms with Gasteiger partial charge in [-0.1, -0.05) is 30.3 Å². The van der Waals surface area contributed by atoms with E-state index >= 15 is 0 Å². The maximum absolute atomic E-state index is 12.5. The summed E-state index contributed by atoms with van der Waals surface area (Å²) in [6.07, 6.45) is 1.99. The standard InChI is InChI=1S/C25H33N3O3/c1-27(17-20-6-3-2-4-7-20)23-9-10-24-22(16-23)19-28-12-5-8-21(18-28)25(29)26-11-13-30-14-15-31-24/h2-4,6-7,9-10,16,21H,5,8,11-15,17-19H2,1H3,(H,26,29). The molecule has 2 aromatic rings. The first-order valence-electron chi connectivity index (χ1n) is 11.3. The van der Waals surface area contributed by atoms with Crippen molar-refractivity contribution in [1.29, 1.82) is 0 Å². The normalized spacial score (nSPS) is 22.4. The molecule has 4 rings (SSSR count). The number of piperidine rings is 1. The number of ether oxygens (including phenoxy) is 2. The Bertz CT molecular complexity index is 858. The van der Waals surface area contributed by atoms with Crippen molar-refractivity contribution in [3.8, 4) is 5.75 Å². The summed E-state index contributed by atoms with van der Waals surface area (Å²) in [5.74, 6) is 1.10. The maximum Gasteiger partial charge on any atom is 0.224 e. The molecule has 0 saturated carbocycles. The van der Waals surface area contributed by atoms with Gasteiger partial charge in [-0.25, -0.2) is 0 Å². The lowest BCUT2D eigenvalue weighted by Crippen LogP contribution is -2.43. The molecule has 2 aromatic carbocycles. The number of nitrogens with one attached hydrogen (secondary N) is 1. The van der Waals surface area contributed by atoms with Crippen molar-refractivity contribution in [1.82, 2.24) is 10.2 Å². The molecule has 166 valence electrons. The van der Waals surface area contributed by atoms with E-state index in [1.807, 2.05) is 6.07 Å². The molecule has 1 saturated heterocycles. The largest absolute Gasteiger partial charge is 0.491 e. The van der Waals surface area contributed by atoms with Crippen LogP contribution in [0.15, 0.2) is 48.5 Å². The zero-order chi connectivity index (χ0) is 21.5. The van der Waals surface area contributed by atoms with Crippen molar-refractivity contribution in [2.24, 2.45) is 5.92 Å². The van der Waals surface area contributed by atoms with Crippen LogP contribution in [-0.4, -0.2) is 57.3 Å². The molecular weight excluding hydrogens is 390 g/mol. The maximum atomic E-state index is 12.5. The third-order valence-electron chi connectivity index (χ3n) is 6.05. The summed E-state index contributed by atoms with van der Waals surface area (Å²) < 4.78 is 11.7. The molecule has 1 amide bonds. The van der Waals surface area contributed by atoms with Gasteiger partial charge in [0.25, 0.3) is 0 Å². The highest BCUT2D eigenvalue weighted by Crippen LogP contribution is 2.29. The highest BCUT2D eigenvalue weighted by molar-refractivity contribution is 5.78. The Morgan fingerprint density at radius 3 is 2.87 bits per heavy atom. The Labute approximate surface area is 185 Å². The van der Waals surface area contributed by atoms with Gasteiger partial charge in [-0.3, -0.25) is 9.69 Å². The second-order valence-corrected chi connectivity index (χ2v) is 8.46. The molecule has 6 heteroatoms. The lowest BCUT2D eigenvalue weighted by molar-refractivity contribution is -0.127. The minimum atomic E-state index is 0.0463. The van der Waals surface area contributed by atoms with Crippen LogP contribution in [0.4, 0.5) is 5.69 Å². The van der Waals surface area contributed by atoms with E-state index in [0.29, 0.717) is 26.4 Å². The van der Waals surface area contributed by atoms with Crippen molar-refractivity contribution in [3.63, 3.8) is 0 Å². The molecule has 0 spiro atoms. The van der Waals surface area contributed by atoms with Gasteiger partial charge in [-0.05, 0) is 43.1 Å². The molecule has 31 heavy (non-hydrogen) atoms. The quantitative estimate of drug-likeness (QED) is 0.822. The topological polar surface area (TPSA) is 54.0 Å². The average molecular weight is 424 g/mol. The molecular formula is C25H33N3O3. The van der Waals surface area contributed by atoms with Crippen molar-refractivity contribution in [2.45, 2.75) is 25.9 Å². The van der Waals surface area contributed by atoms with E-state index in [2.05, 4.69) is 64.6 Å². The van der Waals surface area contributed by atoms with Gasteiger partial charge in [-0.2, -0.15) is 0 Å². The summed E-state index contributed by atoms with van der Waals surface area (Å²) in [5, 5.41) is 3.02. The minimum Gasteiger partial charge on any atom is -0.491 e. The molecule has 1 fully saturated rings. The first-order chi connectivity index (χ1) is 15.2. The summed E-state index contributed by atoms with van der Waals surface area (Å²) in [7, 11) is 2.12. The fourth-order valence-electron chi connectivity index (χ4n) is 4.37. The van der Waals surface area contributed by atoms with Gasteiger partial charge in [0.2, 0.25) is 5.91 Å². The molecule has 1 N–H and O–H groups in total. The Morgan fingerprint density at radius 1 is 1.13 bits per heavy atom. The summed E-state index contributed by atoms with van der Waals surface area (Å²) in [4.78, 5) is 17.2. The second-order valence-electron chi connectivity index (χ2n) is 8.46. The van der Waals surface area contributed by atoms with E-state index in [1.165, 1.54) is 5.56 Å². The van der Waals surface area contributed by atoms with Crippen LogP contribution in [0.2, 0.25) is 0 Å². The summed E-state index contributed by atoms with van der Waals surface area (Å²) in [6.45, 7) is 5.52. The highest BCUT2D eigenvalue weighted by Gasteiger charge is 2.26. The van der Waals surface area contributed by atoms with Crippen LogP contribution < -0.4 is 15.0 Å². The molecule has 2 atom stereocenters. The Kier molecular flexibility index (Phi) is 7.43. The van der Waals surface area contributed by atoms with Gasteiger partial charge in [0, 0.05) is 44.5 Å². The van der Waals surface area contributed by atoms with Crippen molar-refractivity contribution >= 4 is 11.6 Å². The van der Waals surface area contributed by atoms with Crippen LogP contribution in [0, 0.1) is 5.92 Å². The van der Waals surface area contributed by atoms with Gasteiger partial charge < -0.3 is 19.7 Å². The number of carbonyl (C=O) groups excluding carboxylic acids is 1. The predicted octanol–water partition coefficient (Wildman–Crippen LogP) is 3.06. The molecule has 2 unspecified atom stereocenters. The Balaban J connectivity index is 1.54. The van der Waals surface area contributed by atoms with E-state index in [9.17, 15) is 4.79 Å². The van der Waals surface area contributed by atoms with E-state index < -0.39 is 0 Å². The van der Waals surface area contributed by atoms with E-state index in [-0.39, 0.29) is 11.8 Å². The van der Waals surface area contributed by atoms with Crippen LogP contribution in [0.3, 0.4) is 0 Å². The first-order valence-corrected chi connectivity index (χ1v) is 11.3. The molecule has 2 aliphatic rings. The monoisotopic (exact) mass is 423 g/mol. The third kappa shape index (κ3) is 5.99. The van der Waals surface area contributed by atoms with Crippen molar-refractivity contribution < 1.29 is 14.3 Å². The van der Waals surface area contributed by atoms with Crippen molar-refractivity contribution in [2.75, 3.05) is 51.4 Å². The highest BCUT2D eigenvalue weighted by atomic mass is 16.5. The number of benzene rings is 2. The number of fused-ring (bicyclic) bond motifs is 3. The number of carbonyl (C=O) groups is 1. The molecule has 0 aliphatic carbocycles. The molecule has 2 aliphatic heterocycles. The van der Waals surface area contributed by atoms with E-state index in [0.717, 1.165) is 56.0 Å². The van der Waals surface area contributed by atoms with Gasteiger partial charge in [0.05, 0.1) is 19.1 Å². The predicted molar refractivity (Wildman–Crippen MR) is 122 cm³/mol. The lowest BCUT2D eigenvalue weighted by Gasteiger charge is -2.33.